The Morgan fingerprint density at radius 1 is 1.55 bits per heavy atom. The van der Waals surface area contributed by atoms with E-state index in [0.717, 1.165) is 25.9 Å². The Kier molecular flexibility index (Phi) is 3.20. The highest BCUT2D eigenvalue weighted by molar-refractivity contribution is 7.80. The first-order valence-corrected chi connectivity index (χ1v) is 4.32. The molecule has 0 aromatic heterocycles. The third kappa shape index (κ3) is 3.12. The molecule has 1 aliphatic rings. The van der Waals surface area contributed by atoms with E-state index in [9.17, 15) is 4.79 Å². The van der Waals surface area contributed by atoms with Crippen LogP contribution in [-0.2, 0) is 4.79 Å². The Hall–Kier alpha value is -0.220. The van der Waals surface area contributed by atoms with Crippen molar-refractivity contribution in [2.24, 2.45) is 0 Å². The van der Waals surface area contributed by atoms with Crippen LogP contribution in [0.3, 0.4) is 0 Å². The predicted molar refractivity (Wildman–Crippen MR) is 46.1 cm³/mol. The van der Waals surface area contributed by atoms with Crippen molar-refractivity contribution in [2.45, 2.75) is 18.1 Å². The third-order valence-electron chi connectivity index (χ3n) is 1.92. The van der Waals surface area contributed by atoms with E-state index in [1.54, 1.807) is 0 Å². The maximum Gasteiger partial charge on any atom is 0.317 e. The standard InChI is InChI=1S/C7H13NO2S/c9-7(10)5-8-3-1-6(11)2-4-8/h6,11H,1-5H2,(H,9,10). The van der Waals surface area contributed by atoms with Crippen LogP contribution in [0, 0.1) is 0 Å². The minimum absolute atomic E-state index is 0.181. The van der Waals surface area contributed by atoms with Gasteiger partial charge in [0.1, 0.15) is 0 Å². The van der Waals surface area contributed by atoms with Crippen molar-refractivity contribution in [3.8, 4) is 0 Å². The van der Waals surface area contributed by atoms with Crippen LogP contribution >= 0.6 is 12.6 Å². The van der Waals surface area contributed by atoms with Crippen LogP contribution in [0.4, 0.5) is 0 Å². The number of nitrogens with zero attached hydrogens (tertiary/aromatic N) is 1. The van der Waals surface area contributed by atoms with Crippen molar-refractivity contribution in [3.63, 3.8) is 0 Å². The lowest BCUT2D eigenvalue weighted by molar-refractivity contribution is -0.138. The lowest BCUT2D eigenvalue weighted by Crippen LogP contribution is -2.37. The van der Waals surface area contributed by atoms with Crippen LogP contribution in [0.25, 0.3) is 0 Å². The summed E-state index contributed by atoms with van der Waals surface area (Å²) in [6.45, 7) is 1.93. The monoisotopic (exact) mass is 175 g/mol. The van der Waals surface area contributed by atoms with Crippen LogP contribution in [0.1, 0.15) is 12.8 Å². The summed E-state index contributed by atoms with van der Waals surface area (Å²) in [5, 5.41) is 8.94. The molecule has 0 aromatic carbocycles. The molecule has 4 heteroatoms. The molecule has 1 aliphatic heterocycles. The zero-order valence-electron chi connectivity index (χ0n) is 6.36. The molecule has 0 radical (unpaired) electrons. The highest BCUT2D eigenvalue weighted by atomic mass is 32.1. The van der Waals surface area contributed by atoms with Crippen LogP contribution in [-0.4, -0.2) is 40.9 Å². The molecule has 64 valence electrons. The molecular formula is C7H13NO2S. The van der Waals surface area contributed by atoms with Gasteiger partial charge in [-0.15, -0.1) is 0 Å². The molecule has 0 aliphatic carbocycles. The zero-order chi connectivity index (χ0) is 8.27. The van der Waals surface area contributed by atoms with Crippen LogP contribution in [0.2, 0.25) is 0 Å². The Morgan fingerprint density at radius 3 is 2.55 bits per heavy atom. The normalized spacial score (nSPS) is 21.9. The van der Waals surface area contributed by atoms with Gasteiger partial charge in [-0.05, 0) is 25.9 Å². The first-order chi connectivity index (χ1) is 5.18. The van der Waals surface area contributed by atoms with Gasteiger partial charge in [0.2, 0.25) is 0 Å². The van der Waals surface area contributed by atoms with E-state index in [-0.39, 0.29) is 6.54 Å². The number of carbonyl (C=O) groups is 1. The van der Waals surface area contributed by atoms with Crippen molar-refractivity contribution in [1.29, 1.82) is 0 Å². The molecule has 1 heterocycles. The number of hydrogen-bond donors (Lipinski definition) is 2. The van der Waals surface area contributed by atoms with Gasteiger partial charge >= 0.3 is 5.97 Å². The minimum Gasteiger partial charge on any atom is -0.480 e. The van der Waals surface area contributed by atoms with Gasteiger partial charge < -0.3 is 5.11 Å². The van der Waals surface area contributed by atoms with Gasteiger partial charge in [0, 0.05) is 5.25 Å². The molecule has 0 atom stereocenters. The summed E-state index contributed by atoms with van der Waals surface area (Å²) >= 11 is 4.32. The molecule has 11 heavy (non-hydrogen) atoms. The number of thiol groups is 1. The fourth-order valence-electron chi connectivity index (χ4n) is 1.27. The molecule has 1 N–H and O–H groups in total. The van der Waals surface area contributed by atoms with E-state index in [1.165, 1.54) is 0 Å². The fraction of sp³-hybridized carbons (Fsp3) is 0.857. The molecule has 1 rings (SSSR count). The average Bonchev–Trinajstić information content (AvgIpc) is 1.93. The number of rotatable bonds is 2. The summed E-state index contributed by atoms with van der Waals surface area (Å²) in [7, 11) is 0. The van der Waals surface area contributed by atoms with E-state index in [0.29, 0.717) is 5.25 Å². The van der Waals surface area contributed by atoms with E-state index < -0.39 is 5.97 Å². The molecule has 1 saturated heterocycles. The highest BCUT2D eigenvalue weighted by Gasteiger charge is 2.17. The van der Waals surface area contributed by atoms with Crippen LogP contribution < -0.4 is 0 Å². The fourth-order valence-corrected chi connectivity index (χ4v) is 1.50. The first-order valence-electron chi connectivity index (χ1n) is 3.80. The third-order valence-corrected chi connectivity index (χ3v) is 2.43. The maximum absolute atomic E-state index is 10.3. The molecule has 0 aromatic rings. The Bertz CT molecular complexity index is 143. The SMILES string of the molecule is O=C(O)CN1CCC(S)CC1. The largest absolute Gasteiger partial charge is 0.480 e. The zero-order valence-corrected chi connectivity index (χ0v) is 7.26. The van der Waals surface area contributed by atoms with Crippen molar-refractivity contribution in [2.75, 3.05) is 19.6 Å². The summed E-state index contributed by atoms with van der Waals surface area (Å²) in [6, 6.07) is 0. The maximum atomic E-state index is 10.3. The molecular weight excluding hydrogens is 162 g/mol. The van der Waals surface area contributed by atoms with Gasteiger partial charge in [0.15, 0.2) is 0 Å². The lowest BCUT2D eigenvalue weighted by atomic mass is 10.1. The van der Waals surface area contributed by atoms with E-state index >= 15 is 0 Å². The smallest absolute Gasteiger partial charge is 0.317 e. The number of aliphatic carboxylic acids is 1. The van der Waals surface area contributed by atoms with Crippen LogP contribution in [0.5, 0.6) is 0 Å². The molecule has 1 fully saturated rings. The van der Waals surface area contributed by atoms with Crippen molar-refractivity contribution in [3.05, 3.63) is 0 Å². The van der Waals surface area contributed by atoms with Gasteiger partial charge in [-0.2, -0.15) is 12.6 Å². The topological polar surface area (TPSA) is 40.5 Å². The van der Waals surface area contributed by atoms with Gasteiger partial charge in [0.25, 0.3) is 0 Å². The highest BCUT2D eigenvalue weighted by Crippen LogP contribution is 2.14. The summed E-state index contributed by atoms with van der Waals surface area (Å²) in [4.78, 5) is 12.2. The summed E-state index contributed by atoms with van der Waals surface area (Å²) in [6.07, 6.45) is 2.02. The summed E-state index contributed by atoms with van der Waals surface area (Å²) in [5.74, 6) is -0.734. The molecule has 0 spiro atoms. The number of carboxylic acid groups (broad SMARTS) is 1. The molecule has 0 saturated carbocycles. The number of hydrogen-bond acceptors (Lipinski definition) is 3. The Balaban J connectivity index is 2.22. The summed E-state index contributed by atoms with van der Waals surface area (Å²) in [5.41, 5.74) is 0. The van der Waals surface area contributed by atoms with Crippen molar-refractivity contribution < 1.29 is 9.90 Å². The number of likely N-dealkylation sites (tertiary alicyclic amines) is 1. The predicted octanol–water partition coefficient (Wildman–Crippen LogP) is 0.465. The number of piperidine rings is 1. The molecule has 0 bridgehead atoms. The van der Waals surface area contributed by atoms with E-state index in [2.05, 4.69) is 12.6 Å². The minimum atomic E-state index is -0.734. The van der Waals surface area contributed by atoms with Crippen molar-refractivity contribution in [1.82, 2.24) is 4.90 Å². The van der Waals surface area contributed by atoms with Gasteiger partial charge in [-0.3, -0.25) is 9.69 Å². The van der Waals surface area contributed by atoms with Gasteiger partial charge in [-0.1, -0.05) is 0 Å². The lowest BCUT2D eigenvalue weighted by Gasteiger charge is -2.27. The number of carboxylic acids is 1. The quantitative estimate of drug-likeness (QED) is 0.599. The Morgan fingerprint density at radius 2 is 2.09 bits per heavy atom. The van der Waals surface area contributed by atoms with Crippen LogP contribution in [0.15, 0.2) is 0 Å². The molecule has 3 nitrogen and oxygen atoms in total. The molecule has 0 unspecified atom stereocenters. The summed E-state index contributed by atoms with van der Waals surface area (Å²) < 4.78 is 0. The molecule has 0 amide bonds. The van der Waals surface area contributed by atoms with Gasteiger partial charge in [0.05, 0.1) is 6.54 Å². The Labute approximate surface area is 71.8 Å². The first kappa shape index (κ1) is 8.87. The van der Waals surface area contributed by atoms with Crippen molar-refractivity contribution >= 4 is 18.6 Å². The van der Waals surface area contributed by atoms with Gasteiger partial charge in [-0.25, -0.2) is 0 Å². The second-order valence-electron chi connectivity index (χ2n) is 2.90. The second-order valence-corrected chi connectivity index (χ2v) is 3.63. The second kappa shape index (κ2) is 3.97. The average molecular weight is 175 g/mol. The van der Waals surface area contributed by atoms with E-state index in [4.69, 9.17) is 5.11 Å². The van der Waals surface area contributed by atoms with E-state index in [1.807, 2.05) is 4.90 Å².